The number of H-pyrrole nitrogens is 1. The number of aromatic nitrogens is 4. The molecular formula is C17H18FN7O3S. The van der Waals surface area contributed by atoms with Crippen molar-refractivity contribution in [3.8, 4) is 0 Å². The van der Waals surface area contributed by atoms with Gasteiger partial charge in [-0.2, -0.15) is 10.1 Å². The van der Waals surface area contributed by atoms with Crippen LogP contribution in [0.5, 0.6) is 0 Å². The summed E-state index contributed by atoms with van der Waals surface area (Å²) in [7, 11) is -3.43. The van der Waals surface area contributed by atoms with Crippen molar-refractivity contribution < 1.29 is 17.6 Å². The summed E-state index contributed by atoms with van der Waals surface area (Å²) in [6.07, 6.45) is 3.42. The number of carbonyl (C=O) groups is 1. The molecule has 5 N–H and O–H groups in total. The predicted molar refractivity (Wildman–Crippen MR) is 104 cm³/mol. The first-order valence-electron chi connectivity index (χ1n) is 8.36. The van der Waals surface area contributed by atoms with E-state index in [1.165, 1.54) is 12.3 Å². The van der Waals surface area contributed by atoms with E-state index in [1.807, 2.05) is 0 Å². The summed E-state index contributed by atoms with van der Waals surface area (Å²) in [5, 5.41) is 12.1. The van der Waals surface area contributed by atoms with Crippen LogP contribution in [0.4, 0.5) is 21.8 Å². The van der Waals surface area contributed by atoms with Gasteiger partial charge in [-0.15, -0.1) is 0 Å². The standard InChI is InChI=1S/C17H18FN7O3S/c1-29(27,28)14-5-3-2-4-10(14)7-20-16-11(18)8-21-17(24-16)23-13-9-22-25-12(13)6-15(19)26/h2-5,8-9H,6-7H2,1H3,(H2,19,26)(H,22,25)(H2,20,21,23,24). The van der Waals surface area contributed by atoms with Crippen LogP contribution in [0.3, 0.4) is 0 Å². The summed E-state index contributed by atoms with van der Waals surface area (Å²) in [5.41, 5.74) is 6.51. The van der Waals surface area contributed by atoms with Crippen molar-refractivity contribution in [3.05, 3.63) is 53.7 Å². The molecule has 1 aromatic carbocycles. The van der Waals surface area contributed by atoms with Gasteiger partial charge in [-0.3, -0.25) is 9.89 Å². The first-order chi connectivity index (χ1) is 13.7. The molecule has 0 atom stereocenters. The number of primary amides is 1. The summed E-state index contributed by atoms with van der Waals surface area (Å²) in [6, 6.07) is 6.41. The monoisotopic (exact) mass is 419 g/mol. The number of benzene rings is 1. The Kier molecular flexibility index (Phi) is 5.73. The second-order valence-electron chi connectivity index (χ2n) is 6.15. The Labute approximate surface area is 165 Å². The molecule has 2 aromatic heterocycles. The zero-order valence-electron chi connectivity index (χ0n) is 15.3. The third-order valence-corrected chi connectivity index (χ3v) is 5.08. The van der Waals surface area contributed by atoms with Crippen molar-refractivity contribution in [1.29, 1.82) is 0 Å². The smallest absolute Gasteiger partial charge is 0.229 e. The molecule has 12 heteroatoms. The minimum atomic E-state index is -3.43. The highest BCUT2D eigenvalue weighted by atomic mass is 32.2. The molecule has 0 aliphatic carbocycles. The molecule has 0 unspecified atom stereocenters. The lowest BCUT2D eigenvalue weighted by Gasteiger charge is -2.11. The third kappa shape index (κ3) is 5.04. The molecule has 2 heterocycles. The van der Waals surface area contributed by atoms with Crippen molar-refractivity contribution >= 4 is 33.2 Å². The van der Waals surface area contributed by atoms with E-state index in [9.17, 15) is 17.6 Å². The van der Waals surface area contributed by atoms with Gasteiger partial charge in [-0.05, 0) is 11.6 Å². The second kappa shape index (κ2) is 8.22. The number of rotatable bonds is 8. The van der Waals surface area contributed by atoms with Gasteiger partial charge in [-0.1, -0.05) is 18.2 Å². The SMILES string of the molecule is CS(=O)(=O)c1ccccc1CNc1nc(Nc2cn[nH]c2CC(N)=O)ncc1F. The first kappa shape index (κ1) is 20.2. The topological polar surface area (TPSA) is 156 Å². The first-order valence-corrected chi connectivity index (χ1v) is 10.2. The van der Waals surface area contributed by atoms with E-state index in [2.05, 4.69) is 30.8 Å². The molecule has 0 aliphatic heterocycles. The van der Waals surface area contributed by atoms with Crippen LogP contribution in [-0.4, -0.2) is 40.7 Å². The average molecular weight is 419 g/mol. The summed E-state index contributed by atoms with van der Waals surface area (Å²) in [4.78, 5) is 19.2. The average Bonchev–Trinajstić information content (AvgIpc) is 3.07. The van der Waals surface area contributed by atoms with Crippen molar-refractivity contribution in [2.45, 2.75) is 17.9 Å². The van der Waals surface area contributed by atoms with Gasteiger partial charge < -0.3 is 16.4 Å². The molecule has 0 saturated heterocycles. The van der Waals surface area contributed by atoms with E-state index in [0.717, 1.165) is 12.5 Å². The fourth-order valence-corrected chi connectivity index (χ4v) is 3.53. The largest absolute Gasteiger partial charge is 0.369 e. The van der Waals surface area contributed by atoms with E-state index in [1.54, 1.807) is 18.2 Å². The number of carbonyl (C=O) groups excluding carboxylic acids is 1. The normalized spacial score (nSPS) is 11.2. The summed E-state index contributed by atoms with van der Waals surface area (Å²) < 4.78 is 37.9. The van der Waals surface area contributed by atoms with Crippen LogP contribution in [0, 0.1) is 5.82 Å². The maximum absolute atomic E-state index is 14.1. The van der Waals surface area contributed by atoms with Crippen molar-refractivity contribution in [2.24, 2.45) is 5.73 Å². The number of nitrogens with one attached hydrogen (secondary N) is 3. The van der Waals surface area contributed by atoms with Gasteiger partial charge in [0.1, 0.15) is 0 Å². The van der Waals surface area contributed by atoms with E-state index < -0.39 is 21.6 Å². The Morgan fingerprint density at radius 1 is 1.28 bits per heavy atom. The number of nitrogens with zero attached hydrogens (tertiary/aromatic N) is 3. The van der Waals surface area contributed by atoms with Crippen LogP contribution in [0.15, 0.2) is 41.6 Å². The Morgan fingerprint density at radius 2 is 2.03 bits per heavy atom. The number of anilines is 3. The molecule has 0 spiro atoms. The molecule has 10 nitrogen and oxygen atoms in total. The number of aromatic amines is 1. The van der Waals surface area contributed by atoms with Gasteiger partial charge in [0, 0.05) is 12.8 Å². The molecule has 0 radical (unpaired) electrons. The molecule has 0 fully saturated rings. The molecule has 0 bridgehead atoms. The summed E-state index contributed by atoms with van der Waals surface area (Å²) in [6.45, 7) is 0.0370. The number of halogens is 1. The fourth-order valence-electron chi connectivity index (χ4n) is 2.59. The zero-order valence-corrected chi connectivity index (χ0v) is 16.1. The van der Waals surface area contributed by atoms with Crippen molar-refractivity contribution in [3.63, 3.8) is 0 Å². The van der Waals surface area contributed by atoms with Gasteiger partial charge in [0.15, 0.2) is 21.5 Å². The van der Waals surface area contributed by atoms with Gasteiger partial charge in [0.25, 0.3) is 0 Å². The number of hydrogen-bond acceptors (Lipinski definition) is 8. The summed E-state index contributed by atoms with van der Waals surface area (Å²) in [5.74, 6) is -1.33. The molecule has 0 aliphatic rings. The fraction of sp³-hybridized carbons (Fsp3) is 0.176. The minimum Gasteiger partial charge on any atom is -0.369 e. The lowest BCUT2D eigenvalue weighted by atomic mass is 10.2. The highest BCUT2D eigenvalue weighted by Crippen LogP contribution is 2.21. The van der Waals surface area contributed by atoms with Gasteiger partial charge in [-0.25, -0.2) is 17.8 Å². The Morgan fingerprint density at radius 3 is 2.76 bits per heavy atom. The number of amides is 1. The van der Waals surface area contributed by atoms with Crippen LogP contribution in [0.2, 0.25) is 0 Å². The highest BCUT2D eigenvalue weighted by molar-refractivity contribution is 7.90. The Balaban J connectivity index is 1.79. The number of nitrogens with two attached hydrogens (primary N) is 1. The molecular weight excluding hydrogens is 401 g/mol. The highest BCUT2D eigenvalue weighted by Gasteiger charge is 2.15. The molecule has 152 valence electrons. The van der Waals surface area contributed by atoms with E-state index in [-0.39, 0.29) is 29.6 Å². The van der Waals surface area contributed by atoms with Crippen LogP contribution in [-0.2, 0) is 27.6 Å². The third-order valence-electron chi connectivity index (χ3n) is 3.88. The zero-order chi connectivity index (χ0) is 21.0. The van der Waals surface area contributed by atoms with E-state index in [4.69, 9.17) is 5.73 Å². The van der Waals surface area contributed by atoms with E-state index >= 15 is 0 Å². The van der Waals surface area contributed by atoms with Crippen LogP contribution in [0.1, 0.15) is 11.3 Å². The lowest BCUT2D eigenvalue weighted by Crippen LogP contribution is -2.15. The summed E-state index contributed by atoms with van der Waals surface area (Å²) >= 11 is 0. The van der Waals surface area contributed by atoms with E-state index in [0.29, 0.717) is 16.9 Å². The Hall–Kier alpha value is -3.54. The van der Waals surface area contributed by atoms with Crippen LogP contribution < -0.4 is 16.4 Å². The minimum absolute atomic E-state index is 0.0370. The van der Waals surface area contributed by atoms with Crippen molar-refractivity contribution in [1.82, 2.24) is 20.2 Å². The van der Waals surface area contributed by atoms with Gasteiger partial charge in [0.05, 0.1) is 35.1 Å². The molecule has 3 rings (SSSR count). The van der Waals surface area contributed by atoms with Gasteiger partial charge in [0.2, 0.25) is 11.9 Å². The molecule has 3 aromatic rings. The maximum atomic E-state index is 14.1. The number of sulfone groups is 1. The van der Waals surface area contributed by atoms with Crippen molar-refractivity contribution in [2.75, 3.05) is 16.9 Å². The quantitative estimate of drug-likeness (QED) is 0.423. The maximum Gasteiger partial charge on any atom is 0.229 e. The Bertz CT molecular complexity index is 1150. The van der Waals surface area contributed by atoms with Crippen LogP contribution >= 0.6 is 0 Å². The second-order valence-corrected chi connectivity index (χ2v) is 8.14. The van der Waals surface area contributed by atoms with Gasteiger partial charge >= 0.3 is 0 Å². The molecule has 1 amide bonds. The molecule has 29 heavy (non-hydrogen) atoms. The van der Waals surface area contributed by atoms with Crippen LogP contribution in [0.25, 0.3) is 0 Å². The number of hydrogen-bond donors (Lipinski definition) is 4. The lowest BCUT2D eigenvalue weighted by molar-refractivity contribution is -0.117. The predicted octanol–water partition coefficient (Wildman–Crippen LogP) is 1.13. The molecule has 0 saturated carbocycles.